The highest BCUT2D eigenvalue weighted by atomic mass is 16.3. The van der Waals surface area contributed by atoms with Crippen LogP contribution in [0.25, 0.3) is 0 Å². The maximum atomic E-state index is 10.4. The molecule has 1 aliphatic carbocycles. The van der Waals surface area contributed by atoms with Gasteiger partial charge in [0.1, 0.15) is 0 Å². The van der Waals surface area contributed by atoms with Gasteiger partial charge in [-0.3, -0.25) is 0 Å². The van der Waals surface area contributed by atoms with Crippen molar-refractivity contribution in [3.8, 4) is 0 Å². The number of rotatable bonds is 4. The van der Waals surface area contributed by atoms with E-state index in [9.17, 15) is 5.11 Å². The lowest BCUT2D eigenvalue weighted by Gasteiger charge is -2.38. The van der Waals surface area contributed by atoms with Crippen LogP contribution < -0.4 is 0 Å². The lowest BCUT2D eigenvalue weighted by molar-refractivity contribution is 0.0197. The second kappa shape index (κ2) is 5.92. The first-order valence-electron chi connectivity index (χ1n) is 7.96. The summed E-state index contributed by atoms with van der Waals surface area (Å²) in [5.74, 6) is 0.512. The summed E-state index contributed by atoms with van der Waals surface area (Å²) >= 11 is 0. The fraction of sp³-hybridized carbons (Fsp3) is 1.00. The van der Waals surface area contributed by atoms with Gasteiger partial charge in [0, 0.05) is 12.6 Å². The van der Waals surface area contributed by atoms with Crippen molar-refractivity contribution in [1.82, 2.24) is 4.90 Å². The second-order valence-corrected chi connectivity index (χ2v) is 7.17. The van der Waals surface area contributed by atoms with Gasteiger partial charge in [-0.15, -0.1) is 0 Å². The quantitative estimate of drug-likeness (QED) is 0.829. The molecule has 0 bridgehead atoms. The molecule has 2 fully saturated rings. The van der Waals surface area contributed by atoms with Crippen LogP contribution in [0.5, 0.6) is 0 Å². The molecule has 106 valence electrons. The van der Waals surface area contributed by atoms with Crippen molar-refractivity contribution in [3.63, 3.8) is 0 Å². The molecule has 0 radical (unpaired) electrons. The predicted molar refractivity (Wildman–Crippen MR) is 76.6 cm³/mol. The number of hydrogen-bond acceptors (Lipinski definition) is 2. The number of hydrogen-bond donors (Lipinski definition) is 1. The minimum absolute atomic E-state index is 0.0956. The van der Waals surface area contributed by atoms with Crippen molar-refractivity contribution in [2.75, 3.05) is 13.1 Å². The molecule has 2 nitrogen and oxygen atoms in total. The molecule has 0 aromatic rings. The third-order valence-electron chi connectivity index (χ3n) is 5.25. The van der Waals surface area contributed by atoms with E-state index < -0.39 is 0 Å². The predicted octanol–water partition coefficient (Wildman–Crippen LogP) is 3.44. The molecule has 2 heteroatoms. The number of aliphatic hydroxyl groups excluding tert-OH is 1. The topological polar surface area (TPSA) is 23.5 Å². The van der Waals surface area contributed by atoms with Gasteiger partial charge in [-0.25, -0.2) is 0 Å². The van der Waals surface area contributed by atoms with Crippen LogP contribution >= 0.6 is 0 Å². The van der Waals surface area contributed by atoms with Crippen LogP contribution in [0.2, 0.25) is 0 Å². The molecule has 0 spiro atoms. The highest BCUT2D eigenvalue weighted by molar-refractivity contribution is 4.93. The largest absolute Gasteiger partial charge is 0.392 e. The van der Waals surface area contributed by atoms with E-state index in [-0.39, 0.29) is 11.5 Å². The Kier molecular flexibility index (Phi) is 4.71. The molecule has 1 aliphatic heterocycles. The van der Waals surface area contributed by atoms with E-state index in [0.29, 0.717) is 5.92 Å². The van der Waals surface area contributed by atoms with Gasteiger partial charge >= 0.3 is 0 Å². The van der Waals surface area contributed by atoms with Crippen molar-refractivity contribution in [3.05, 3.63) is 0 Å². The Hall–Kier alpha value is -0.0800. The Morgan fingerprint density at radius 2 is 2.00 bits per heavy atom. The summed E-state index contributed by atoms with van der Waals surface area (Å²) in [5.41, 5.74) is 0.140. The first kappa shape index (κ1) is 14.3. The SMILES string of the molecule is CCCC1CCCCN1CC1CCC(C)(C)C1O. The highest BCUT2D eigenvalue weighted by Gasteiger charge is 2.41. The molecule has 3 atom stereocenters. The highest BCUT2D eigenvalue weighted by Crippen LogP contribution is 2.42. The fourth-order valence-electron chi connectivity index (χ4n) is 3.95. The second-order valence-electron chi connectivity index (χ2n) is 7.17. The maximum Gasteiger partial charge on any atom is 0.0631 e. The van der Waals surface area contributed by atoms with E-state index in [1.54, 1.807) is 0 Å². The number of nitrogens with zero attached hydrogens (tertiary/aromatic N) is 1. The maximum absolute atomic E-state index is 10.4. The Morgan fingerprint density at radius 1 is 1.22 bits per heavy atom. The number of piperidine rings is 1. The average molecular weight is 253 g/mol. The summed E-state index contributed by atoms with van der Waals surface area (Å²) in [5, 5.41) is 10.4. The monoisotopic (exact) mass is 253 g/mol. The van der Waals surface area contributed by atoms with Gasteiger partial charge < -0.3 is 10.0 Å². The summed E-state index contributed by atoms with van der Waals surface area (Å²) in [7, 11) is 0. The van der Waals surface area contributed by atoms with Crippen molar-refractivity contribution < 1.29 is 5.11 Å². The van der Waals surface area contributed by atoms with Crippen LogP contribution in [-0.4, -0.2) is 35.2 Å². The molecule has 3 unspecified atom stereocenters. The molecule has 2 rings (SSSR count). The van der Waals surface area contributed by atoms with Crippen LogP contribution in [0.3, 0.4) is 0 Å². The van der Waals surface area contributed by atoms with Crippen LogP contribution in [0.15, 0.2) is 0 Å². The molecular weight excluding hydrogens is 222 g/mol. The van der Waals surface area contributed by atoms with E-state index in [4.69, 9.17) is 0 Å². The van der Waals surface area contributed by atoms with Crippen LogP contribution in [-0.2, 0) is 0 Å². The van der Waals surface area contributed by atoms with Crippen molar-refractivity contribution in [1.29, 1.82) is 0 Å². The molecule has 0 aromatic carbocycles. The first-order valence-corrected chi connectivity index (χ1v) is 7.96. The van der Waals surface area contributed by atoms with E-state index in [2.05, 4.69) is 25.7 Å². The number of likely N-dealkylation sites (tertiary alicyclic amines) is 1. The normalized spacial score (nSPS) is 37.0. The van der Waals surface area contributed by atoms with Gasteiger partial charge in [0.2, 0.25) is 0 Å². The minimum atomic E-state index is -0.0956. The van der Waals surface area contributed by atoms with Crippen molar-refractivity contribution in [2.45, 2.75) is 77.9 Å². The Bertz CT molecular complexity index is 262. The molecule has 1 saturated carbocycles. The van der Waals surface area contributed by atoms with E-state index in [1.165, 1.54) is 51.5 Å². The Labute approximate surface area is 113 Å². The van der Waals surface area contributed by atoms with Gasteiger partial charge in [0.25, 0.3) is 0 Å². The van der Waals surface area contributed by atoms with Gasteiger partial charge in [0.15, 0.2) is 0 Å². The van der Waals surface area contributed by atoms with Crippen LogP contribution in [0.4, 0.5) is 0 Å². The van der Waals surface area contributed by atoms with Gasteiger partial charge in [-0.05, 0) is 50.0 Å². The van der Waals surface area contributed by atoms with Crippen LogP contribution in [0.1, 0.15) is 65.7 Å². The fourth-order valence-corrected chi connectivity index (χ4v) is 3.95. The molecule has 1 N–H and O–H groups in total. The smallest absolute Gasteiger partial charge is 0.0631 e. The molecule has 2 aliphatic rings. The summed E-state index contributed by atoms with van der Waals surface area (Å²) < 4.78 is 0. The average Bonchev–Trinajstić information content (AvgIpc) is 2.59. The van der Waals surface area contributed by atoms with Gasteiger partial charge in [0.05, 0.1) is 6.10 Å². The van der Waals surface area contributed by atoms with Crippen molar-refractivity contribution in [2.24, 2.45) is 11.3 Å². The third kappa shape index (κ3) is 3.08. The molecular formula is C16H31NO. The molecule has 18 heavy (non-hydrogen) atoms. The first-order chi connectivity index (χ1) is 8.54. The Balaban J connectivity index is 1.91. The zero-order valence-corrected chi connectivity index (χ0v) is 12.5. The summed E-state index contributed by atoms with van der Waals surface area (Å²) in [6, 6.07) is 0.791. The Morgan fingerprint density at radius 3 is 2.61 bits per heavy atom. The standard InChI is InChI=1S/C16H31NO/c1-4-7-14-8-5-6-11-17(14)12-13-9-10-16(2,3)15(13)18/h13-15,18H,4-12H2,1-3H3. The van der Waals surface area contributed by atoms with Gasteiger partial charge in [-0.1, -0.05) is 33.6 Å². The zero-order valence-electron chi connectivity index (χ0n) is 12.5. The van der Waals surface area contributed by atoms with Crippen molar-refractivity contribution >= 4 is 0 Å². The summed E-state index contributed by atoms with van der Waals surface area (Å²) in [6.45, 7) is 9.12. The lowest BCUT2D eigenvalue weighted by Crippen LogP contribution is -2.44. The molecule has 0 amide bonds. The minimum Gasteiger partial charge on any atom is -0.392 e. The van der Waals surface area contributed by atoms with Gasteiger partial charge in [-0.2, -0.15) is 0 Å². The molecule has 1 saturated heterocycles. The molecule has 0 aromatic heterocycles. The summed E-state index contributed by atoms with van der Waals surface area (Å²) in [4.78, 5) is 2.68. The van der Waals surface area contributed by atoms with E-state index >= 15 is 0 Å². The molecule has 1 heterocycles. The van der Waals surface area contributed by atoms with E-state index in [0.717, 1.165) is 12.6 Å². The van der Waals surface area contributed by atoms with Crippen LogP contribution in [0, 0.1) is 11.3 Å². The third-order valence-corrected chi connectivity index (χ3v) is 5.25. The van der Waals surface area contributed by atoms with E-state index in [1.807, 2.05) is 0 Å². The summed E-state index contributed by atoms with van der Waals surface area (Å²) in [6.07, 6.45) is 9.06. The number of aliphatic hydroxyl groups is 1. The lowest BCUT2D eigenvalue weighted by atomic mass is 9.87. The zero-order chi connectivity index (χ0) is 13.2.